The van der Waals surface area contributed by atoms with Gasteiger partial charge in [0.15, 0.2) is 0 Å². The summed E-state index contributed by atoms with van der Waals surface area (Å²) in [5.41, 5.74) is 5.70. The quantitative estimate of drug-likeness (QED) is 0.683. The molecule has 1 rings (SSSR count). The highest BCUT2D eigenvalue weighted by Gasteiger charge is 2.18. The fraction of sp³-hybridized carbons (Fsp3) is 0.538. The van der Waals surface area contributed by atoms with Crippen molar-refractivity contribution in [1.82, 2.24) is 4.98 Å². The monoisotopic (exact) mass is 251 g/mol. The minimum Gasteiger partial charge on any atom is -0.396 e. The Morgan fingerprint density at radius 3 is 2.89 bits per heavy atom. The number of nitrogens with zero attached hydrogens (tertiary/aromatic N) is 1. The van der Waals surface area contributed by atoms with E-state index in [-0.39, 0.29) is 12.0 Å². The van der Waals surface area contributed by atoms with Gasteiger partial charge < -0.3 is 16.2 Å². The molecule has 4 N–H and O–H groups in total. The molecule has 1 aromatic heterocycles. The second-order valence-electron chi connectivity index (χ2n) is 5.11. The zero-order chi connectivity index (χ0) is 13.6. The zero-order valence-corrected chi connectivity index (χ0v) is 10.9. The Kier molecular flexibility index (Phi) is 5.09. The Hall–Kier alpha value is -1.62. The van der Waals surface area contributed by atoms with Gasteiger partial charge in [-0.25, -0.2) is 4.98 Å². The van der Waals surface area contributed by atoms with Crippen molar-refractivity contribution < 1.29 is 9.90 Å². The van der Waals surface area contributed by atoms with E-state index in [9.17, 15) is 4.79 Å². The van der Waals surface area contributed by atoms with Crippen LogP contribution in [0.3, 0.4) is 0 Å². The first-order valence-electron chi connectivity index (χ1n) is 6.06. The van der Waals surface area contributed by atoms with E-state index in [0.29, 0.717) is 17.9 Å². The van der Waals surface area contributed by atoms with Gasteiger partial charge in [0.05, 0.1) is 5.56 Å². The molecule has 0 aliphatic carbocycles. The van der Waals surface area contributed by atoms with Crippen LogP contribution in [0.1, 0.15) is 37.0 Å². The van der Waals surface area contributed by atoms with Crippen molar-refractivity contribution in [2.24, 2.45) is 11.1 Å². The lowest BCUT2D eigenvalue weighted by Gasteiger charge is -2.25. The average Bonchev–Trinajstić information content (AvgIpc) is 2.34. The lowest BCUT2D eigenvalue weighted by atomic mass is 9.88. The molecule has 0 saturated carbocycles. The molecule has 18 heavy (non-hydrogen) atoms. The van der Waals surface area contributed by atoms with Gasteiger partial charge in [0, 0.05) is 19.3 Å². The van der Waals surface area contributed by atoms with Crippen LogP contribution in [-0.2, 0) is 0 Å². The highest BCUT2D eigenvalue weighted by molar-refractivity contribution is 5.97. The molecule has 5 nitrogen and oxygen atoms in total. The van der Waals surface area contributed by atoms with Crippen molar-refractivity contribution in [3.8, 4) is 0 Å². The van der Waals surface area contributed by atoms with Gasteiger partial charge in [-0.3, -0.25) is 4.79 Å². The van der Waals surface area contributed by atoms with Crippen LogP contribution < -0.4 is 11.1 Å². The SMILES string of the molecule is CC(C)(CCCO)CNc1ncccc1C(N)=O. The Morgan fingerprint density at radius 2 is 2.28 bits per heavy atom. The number of nitrogens with one attached hydrogen (secondary N) is 1. The van der Waals surface area contributed by atoms with Gasteiger partial charge in [0.25, 0.3) is 5.91 Å². The molecule has 0 atom stereocenters. The van der Waals surface area contributed by atoms with Gasteiger partial charge in [0.2, 0.25) is 0 Å². The molecule has 1 amide bonds. The minimum atomic E-state index is -0.487. The number of nitrogens with two attached hydrogens (primary N) is 1. The van der Waals surface area contributed by atoms with Crippen LogP contribution in [-0.4, -0.2) is 29.1 Å². The van der Waals surface area contributed by atoms with E-state index in [0.717, 1.165) is 12.8 Å². The predicted octanol–water partition coefficient (Wildman–Crippen LogP) is 1.39. The van der Waals surface area contributed by atoms with Crippen LogP contribution in [0.15, 0.2) is 18.3 Å². The summed E-state index contributed by atoms with van der Waals surface area (Å²) in [6.45, 7) is 5.06. The lowest BCUT2D eigenvalue weighted by Crippen LogP contribution is -2.25. The second kappa shape index (κ2) is 6.35. The first-order chi connectivity index (χ1) is 8.46. The third kappa shape index (κ3) is 4.33. The average molecular weight is 251 g/mol. The maximum Gasteiger partial charge on any atom is 0.252 e. The van der Waals surface area contributed by atoms with E-state index in [4.69, 9.17) is 10.8 Å². The van der Waals surface area contributed by atoms with E-state index in [1.807, 2.05) is 0 Å². The summed E-state index contributed by atoms with van der Waals surface area (Å²) in [4.78, 5) is 15.3. The number of primary amides is 1. The Bertz CT molecular complexity index is 405. The number of carbonyl (C=O) groups is 1. The maximum absolute atomic E-state index is 11.2. The number of pyridine rings is 1. The summed E-state index contributed by atoms with van der Waals surface area (Å²) in [6, 6.07) is 3.33. The van der Waals surface area contributed by atoms with E-state index >= 15 is 0 Å². The van der Waals surface area contributed by atoms with Crippen LogP contribution in [0.25, 0.3) is 0 Å². The van der Waals surface area contributed by atoms with E-state index in [1.165, 1.54) is 0 Å². The highest BCUT2D eigenvalue weighted by atomic mass is 16.2. The van der Waals surface area contributed by atoms with Crippen molar-refractivity contribution in [3.05, 3.63) is 23.9 Å². The third-order valence-corrected chi connectivity index (χ3v) is 2.82. The normalized spacial score (nSPS) is 11.3. The molecule has 0 aliphatic rings. The fourth-order valence-corrected chi connectivity index (χ4v) is 1.71. The topological polar surface area (TPSA) is 88.2 Å². The molecule has 1 aromatic rings. The zero-order valence-electron chi connectivity index (χ0n) is 10.9. The van der Waals surface area contributed by atoms with E-state index < -0.39 is 5.91 Å². The number of aliphatic hydroxyl groups is 1. The van der Waals surface area contributed by atoms with E-state index in [2.05, 4.69) is 24.1 Å². The molecule has 0 bridgehead atoms. The van der Waals surface area contributed by atoms with Crippen LogP contribution in [0, 0.1) is 5.41 Å². The molecule has 0 aliphatic heterocycles. The minimum absolute atomic E-state index is 0.0230. The summed E-state index contributed by atoms with van der Waals surface area (Å²) < 4.78 is 0. The van der Waals surface area contributed by atoms with Gasteiger partial charge in [0.1, 0.15) is 5.82 Å². The largest absolute Gasteiger partial charge is 0.396 e. The number of aliphatic hydroxyl groups excluding tert-OH is 1. The maximum atomic E-state index is 11.2. The number of anilines is 1. The smallest absolute Gasteiger partial charge is 0.252 e. The summed E-state index contributed by atoms with van der Waals surface area (Å²) in [5, 5.41) is 12.0. The molecule has 0 saturated heterocycles. The molecular formula is C13H21N3O2. The highest BCUT2D eigenvalue weighted by Crippen LogP contribution is 2.23. The predicted molar refractivity (Wildman–Crippen MR) is 71.3 cm³/mol. The first kappa shape index (κ1) is 14.4. The number of hydrogen-bond donors (Lipinski definition) is 3. The summed E-state index contributed by atoms with van der Waals surface area (Å²) in [5.74, 6) is 0.0286. The van der Waals surface area contributed by atoms with Crippen LogP contribution in [0.2, 0.25) is 0 Å². The second-order valence-corrected chi connectivity index (χ2v) is 5.11. The van der Waals surface area contributed by atoms with Gasteiger partial charge in [-0.2, -0.15) is 0 Å². The molecule has 0 spiro atoms. The van der Waals surface area contributed by atoms with Crippen molar-refractivity contribution in [1.29, 1.82) is 0 Å². The number of carbonyl (C=O) groups excluding carboxylic acids is 1. The van der Waals surface area contributed by atoms with Crippen LogP contribution >= 0.6 is 0 Å². The van der Waals surface area contributed by atoms with Crippen LogP contribution in [0.5, 0.6) is 0 Å². The molecule has 0 aromatic carbocycles. The molecule has 5 heteroatoms. The van der Waals surface area contributed by atoms with Crippen molar-refractivity contribution in [2.75, 3.05) is 18.5 Å². The van der Waals surface area contributed by atoms with Gasteiger partial charge in [-0.1, -0.05) is 13.8 Å². The molecule has 0 fully saturated rings. The number of amides is 1. The molecule has 100 valence electrons. The lowest BCUT2D eigenvalue weighted by molar-refractivity contribution is 0.100. The molecule has 1 heterocycles. The molecule has 0 unspecified atom stereocenters. The summed E-state index contributed by atoms with van der Waals surface area (Å²) >= 11 is 0. The summed E-state index contributed by atoms with van der Waals surface area (Å²) in [7, 11) is 0. The van der Waals surface area contributed by atoms with Crippen molar-refractivity contribution in [2.45, 2.75) is 26.7 Å². The Morgan fingerprint density at radius 1 is 1.56 bits per heavy atom. The van der Waals surface area contributed by atoms with Gasteiger partial charge in [-0.15, -0.1) is 0 Å². The van der Waals surface area contributed by atoms with Crippen molar-refractivity contribution in [3.63, 3.8) is 0 Å². The van der Waals surface area contributed by atoms with Crippen molar-refractivity contribution >= 4 is 11.7 Å². The van der Waals surface area contributed by atoms with Gasteiger partial charge >= 0.3 is 0 Å². The van der Waals surface area contributed by atoms with E-state index in [1.54, 1.807) is 18.3 Å². The van der Waals surface area contributed by atoms with Gasteiger partial charge in [-0.05, 0) is 30.4 Å². The fourth-order valence-electron chi connectivity index (χ4n) is 1.71. The number of rotatable bonds is 7. The molecular weight excluding hydrogens is 230 g/mol. The first-order valence-corrected chi connectivity index (χ1v) is 6.06. The number of aromatic nitrogens is 1. The molecule has 0 radical (unpaired) electrons. The third-order valence-electron chi connectivity index (χ3n) is 2.82. The summed E-state index contributed by atoms with van der Waals surface area (Å²) in [6.07, 6.45) is 3.28. The standard InChI is InChI=1S/C13H21N3O2/c1-13(2,6-4-8-17)9-16-12-10(11(14)18)5-3-7-15-12/h3,5,7,17H,4,6,8-9H2,1-2H3,(H2,14,18)(H,15,16). The Labute approximate surface area is 107 Å². The number of hydrogen-bond acceptors (Lipinski definition) is 4. The van der Waals surface area contributed by atoms with Crippen LogP contribution in [0.4, 0.5) is 5.82 Å². The Balaban J connectivity index is 2.65.